The van der Waals surface area contributed by atoms with E-state index in [-0.39, 0.29) is 0 Å². The van der Waals surface area contributed by atoms with E-state index in [2.05, 4.69) is 26.1 Å². The van der Waals surface area contributed by atoms with Gasteiger partial charge in [0, 0.05) is 23.2 Å². The van der Waals surface area contributed by atoms with Crippen LogP contribution in [0, 0.1) is 13.8 Å². The van der Waals surface area contributed by atoms with Crippen molar-refractivity contribution in [2.24, 2.45) is 0 Å². The van der Waals surface area contributed by atoms with Gasteiger partial charge in [0.2, 0.25) is 0 Å². The van der Waals surface area contributed by atoms with Crippen molar-refractivity contribution < 1.29 is 0 Å². The minimum absolute atomic E-state index is 0.635. The van der Waals surface area contributed by atoms with E-state index >= 15 is 0 Å². The van der Waals surface area contributed by atoms with Gasteiger partial charge in [0.05, 0.1) is 28.1 Å². The molecule has 0 radical (unpaired) electrons. The Labute approximate surface area is 155 Å². The minimum Gasteiger partial charge on any atom is -0.256 e. The van der Waals surface area contributed by atoms with Crippen LogP contribution in [-0.4, -0.2) is 29.5 Å². The van der Waals surface area contributed by atoms with E-state index in [0.29, 0.717) is 5.82 Å². The van der Waals surface area contributed by atoms with Crippen molar-refractivity contribution in [1.82, 2.24) is 29.5 Å². The van der Waals surface area contributed by atoms with Crippen molar-refractivity contribution >= 4 is 39.6 Å². The number of rotatable bonds is 2. The number of fused-ring (bicyclic) bond motifs is 4. The number of benzene rings is 1. The normalized spacial score (nSPS) is 11.9. The van der Waals surface area contributed by atoms with Gasteiger partial charge in [-0.1, -0.05) is 12.1 Å². The fraction of sp³-hybridized carbons (Fsp3) is 0.0952. The SMILES string of the molecule is Cc1ncc(C)n2nc(C=Cc3ccc4ccc5ncccc5c4n3)nc12. The molecule has 27 heavy (non-hydrogen) atoms. The second kappa shape index (κ2) is 5.95. The lowest BCUT2D eigenvalue weighted by Crippen LogP contribution is -1.97. The van der Waals surface area contributed by atoms with E-state index < -0.39 is 0 Å². The predicted octanol–water partition coefficient (Wildman–Crippen LogP) is 4.01. The van der Waals surface area contributed by atoms with Gasteiger partial charge >= 0.3 is 0 Å². The molecule has 0 unspecified atom stereocenters. The molecule has 0 aliphatic carbocycles. The van der Waals surface area contributed by atoms with Crippen LogP contribution in [-0.2, 0) is 0 Å². The van der Waals surface area contributed by atoms with Crippen LogP contribution in [0.5, 0.6) is 0 Å². The molecule has 6 nitrogen and oxygen atoms in total. The van der Waals surface area contributed by atoms with Crippen LogP contribution < -0.4 is 0 Å². The Balaban J connectivity index is 1.59. The van der Waals surface area contributed by atoms with Crippen LogP contribution in [0.3, 0.4) is 0 Å². The highest BCUT2D eigenvalue weighted by molar-refractivity contribution is 6.03. The number of aromatic nitrogens is 6. The van der Waals surface area contributed by atoms with Gasteiger partial charge in [0.15, 0.2) is 11.5 Å². The molecule has 1 aromatic carbocycles. The summed E-state index contributed by atoms with van der Waals surface area (Å²) in [6.45, 7) is 3.90. The Morgan fingerprint density at radius 3 is 2.70 bits per heavy atom. The molecule has 0 aliphatic rings. The van der Waals surface area contributed by atoms with E-state index in [1.807, 2.05) is 60.8 Å². The molecule has 5 rings (SSSR count). The van der Waals surface area contributed by atoms with Crippen molar-refractivity contribution in [3.8, 4) is 0 Å². The third kappa shape index (κ3) is 2.62. The van der Waals surface area contributed by atoms with Gasteiger partial charge in [-0.3, -0.25) is 9.97 Å². The lowest BCUT2D eigenvalue weighted by atomic mass is 10.1. The standard InChI is InChI=1S/C21H16N6/c1-13-12-23-14(2)21-25-19(26-27(13)21)10-8-16-7-5-15-6-9-18-17(20(15)24-16)4-3-11-22-18/h3-12H,1-2H3. The maximum Gasteiger partial charge on any atom is 0.177 e. The fourth-order valence-corrected chi connectivity index (χ4v) is 3.19. The van der Waals surface area contributed by atoms with Gasteiger partial charge < -0.3 is 0 Å². The highest BCUT2D eigenvalue weighted by Crippen LogP contribution is 2.23. The van der Waals surface area contributed by atoms with Crippen LogP contribution in [0.25, 0.3) is 39.6 Å². The zero-order chi connectivity index (χ0) is 18.4. The van der Waals surface area contributed by atoms with Crippen LogP contribution >= 0.6 is 0 Å². The zero-order valence-corrected chi connectivity index (χ0v) is 15.0. The maximum absolute atomic E-state index is 4.81. The summed E-state index contributed by atoms with van der Waals surface area (Å²) in [6.07, 6.45) is 7.41. The van der Waals surface area contributed by atoms with Gasteiger partial charge in [-0.05, 0) is 50.3 Å². The summed E-state index contributed by atoms with van der Waals surface area (Å²) in [5.41, 5.74) is 5.32. The smallest absolute Gasteiger partial charge is 0.177 e. The zero-order valence-electron chi connectivity index (χ0n) is 15.0. The molecule has 0 amide bonds. The third-order valence-corrected chi connectivity index (χ3v) is 4.59. The molecule has 0 fully saturated rings. The molecule has 4 heterocycles. The summed E-state index contributed by atoms with van der Waals surface area (Å²) in [5, 5.41) is 6.68. The Hall–Kier alpha value is -3.67. The van der Waals surface area contributed by atoms with Crippen molar-refractivity contribution in [3.05, 3.63) is 71.7 Å². The Morgan fingerprint density at radius 2 is 1.81 bits per heavy atom. The minimum atomic E-state index is 0.635. The van der Waals surface area contributed by atoms with Gasteiger partial charge in [-0.15, -0.1) is 5.10 Å². The lowest BCUT2D eigenvalue weighted by molar-refractivity contribution is 0.884. The highest BCUT2D eigenvalue weighted by atomic mass is 15.3. The van der Waals surface area contributed by atoms with Crippen molar-refractivity contribution in [2.45, 2.75) is 13.8 Å². The number of aryl methyl sites for hydroxylation is 2. The van der Waals surface area contributed by atoms with E-state index in [1.54, 1.807) is 12.4 Å². The lowest BCUT2D eigenvalue weighted by Gasteiger charge is -2.03. The average molecular weight is 352 g/mol. The van der Waals surface area contributed by atoms with Crippen LogP contribution in [0.15, 0.2) is 48.8 Å². The summed E-state index contributed by atoms with van der Waals surface area (Å²) < 4.78 is 1.81. The first-order valence-electron chi connectivity index (χ1n) is 8.70. The molecule has 4 aromatic heterocycles. The average Bonchev–Trinajstić information content (AvgIpc) is 3.15. The monoisotopic (exact) mass is 352 g/mol. The molecule has 130 valence electrons. The predicted molar refractivity (Wildman–Crippen MR) is 106 cm³/mol. The van der Waals surface area contributed by atoms with Crippen LogP contribution in [0.1, 0.15) is 22.9 Å². The van der Waals surface area contributed by atoms with Gasteiger partial charge in [-0.25, -0.2) is 14.5 Å². The van der Waals surface area contributed by atoms with Crippen LogP contribution in [0.4, 0.5) is 0 Å². The summed E-state index contributed by atoms with van der Waals surface area (Å²) in [5.74, 6) is 0.635. The molecular weight excluding hydrogens is 336 g/mol. The van der Waals surface area contributed by atoms with E-state index in [4.69, 9.17) is 4.98 Å². The molecule has 0 spiro atoms. The number of nitrogens with zero attached hydrogens (tertiary/aromatic N) is 6. The molecule has 0 atom stereocenters. The summed E-state index contributed by atoms with van der Waals surface area (Å²) >= 11 is 0. The second-order valence-corrected chi connectivity index (χ2v) is 6.47. The molecule has 0 saturated carbocycles. The summed E-state index contributed by atoms with van der Waals surface area (Å²) in [6, 6.07) is 12.1. The molecule has 5 aromatic rings. The van der Waals surface area contributed by atoms with E-state index in [0.717, 1.165) is 44.5 Å². The maximum atomic E-state index is 4.81. The first-order valence-corrected chi connectivity index (χ1v) is 8.70. The molecule has 6 heteroatoms. The molecule has 0 aliphatic heterocycles. The molecule has 0 bridgehead atoms. The largest absolute Gasteiger partial charge is 0.256 e. The van der Waals surface area contributed by atoms with Crippen molar-refractivity contribution in [1.29, 1.82) is 0 Å². The van der Waals surface area contributed by atoms with E-state index in [1.165, 1.54) is 0 Å². The number of pyridine rings is 2. The molecule has 0 saturated heterocycles. The number of hydrogen-bond acceptors (Lipinski definition) is 5. The fourth-order valence-electron chi connectivity index (χ4n) is 3.19. The molecular formula is C21H16N6. The second-order valence-electron chi connectivity index (χ2n) is 6.47. The number of hydrogen-bond donors (Lipinski definition) is 0. The first kappa shape index (κ1) is 15.6. The Kier molecular flexibility index (Phi) is 3.43. The first-order chi connectivity index (χ1) is 13.2. The van der Waals surface area contributed by atoms with Crippen LogP contribution in [0.2, 0.25) is 0 Å². The summed E-state index contributed by atoms with van der Waals surface area (Å²) in [4.78, 5) is 18.1. The van der Waals surface area contributed by atoms with Crippen molar-refractivity contribution in [3.63, 3.8) is 0 Å². The van der Waals surface area contributed by atoms with Gasteiger partial charge in [0.1, 0.15) is 0 Å². The highest BCUT2D eigenvalue weighted by Gasteiger charge is 2.07. The van der Waals surface area contributed by atoms with E-state index in [9.17, 15) is 0 Å². The summed E-state index contributed by atoms with van der Waals surface area (Å²) in [7, 11) is 0. The third-order valence-electron chi connectivity index (χ3n) is 4.59. The Morgan fingerprint density at radius 1 is 0.926 bits per heavy atom. The Bertz CT molecular complexity index is 1310. The van der Waals surface area contributed by atoms with Gasteiger partial charge in [-0.2, -0.15) is 0 Å². The van der Waals surface area contributed by atoms with Crippen molar-refractivity contribution in [2.75, 3.05) is 0 Å². The van der Waals surface area contributed by atoms with Gasteiger partial charge in [0.25, 0.3) is 0 Å². The quantitative estimate of drug-likeness (QED) is 0.449. The molecule has 0 N–H and O–H groups in total. The topological polar surface area (TPSA) is 68.9 Å².